The summed E-state index contributed by atoms with van der Waals surface area (Å²) >= 11 is 1.98. The molecular formula is C29H32FIN2O8. The molecule has 0 spiro atoms. The number of carbonyl (C=O) groups is 3. The maximum atomic E-state index is 14.8. The van der Waals surface area contributed by atoms with Crippen molar-refractivity contribution < 1.29 is 43.2 Å². The first-order chi connectivity index (χ1) is 19.8. The summed E-state index contributed by atoms with van der Waals surface area (Å²) in [4.78, 5) is 39.5. The van der Waals surface area contributed by atoms with Crippen LogP contribution in [0.15, 0.2) is 48.0 Å². The van der Waals surface area contributed by atoms with Crippen molar-refractivity contribution in [3.8, 4) is 11.5 Å². The minimum Gasteiger partial charge on any atom is -0.493 e. The molecule has 220 valence electrons. The third kappa shape index (κ3) is 7.23. The molecule has 1 aliphatic carbocycles. The second-order valence-electron chi connectivity index (χ2n) is 9.73. The highest BCUT2D eigenvalue weighted by atomic mass is 127. The standard InChI is InChI=1S/C29H32FIN2O8/c1-39-25-12-17(16-35)11-21(31)27(25)41-24-14-19(28(37)32-8-9-34)13-22(26(24)36)33(29(38)23-7-4-10-40-23)15-18-5-2-3-6-20(18)30/h2-3,5-6,11-12,14,16,22-24,26,34,36H,4,7-10,13,15H2,1H3,(H,32,37). The number of methoxy groups -OCH3 is 1. The van der Waals surface area contributed by atoms with E-state index in [2.05, 4.69) is 5.32 Å². The Bertz CT molecular complexity index is 1300. The Hall–Kier alpha value is -3.07. The van der Waals surface area contributed by atoms with Crippen LogP contribution in [0.4, 0.5) is 4.39 Å². The Balaban J connectivity index is 1.74. The zero-order chi connectivity index (χ0) is 29.5. The van der Waals surface area contributed by atoms with E-state index in [1.165, 1.54) is 30.2 Å². The molecule has 1 saturated heterocycles. The van der Waals surface area contributed by atoms with E-state index in [0.29, 0.717) is 34.9 Å². The predicted molar refractivity (Wildman–Crippen MR) is 154 cm³/mol. The zero-order valence-corrected chi connectivity index (χ0v) is 24.6. The van der Waals surface area contributed by atoms with Gasteiger partial charge in [0.25, 0.3) is 5.91 Å². The molecule has 2 amide bonds. The van der Waals surface area contributed by atoms with Gasteiger partial charge in [0, 0.05) is 42.8 Å². The SMILES string of the molecule is COc1cc(C=O)cc(I)c1OC1C=C(C(=O)NCCO)CC(N(Cc2ccccc2F)C(=O)C2CCCO2)C1O. The van der Waals surface area contributed by atoms with Gasteiger partial charge in [-0.2, -0.15) is 0 Å². The van der Waals surface area contributed by atoms with E-state index in [-0.39, 0.29) is 48.8 Å². The number of amides is 2. The lowest BCUT2D eigenvalue weighted by Crippen LogP contribution is -2.56. The summed E-state index contributed by atoms with van der Waals surface area (Å²) in [7, 11) is 1.41. The number of halogens is 2. The maximum absolute atomic E-state index is 14.8. The Morgan fingerprint density at radius 2 is 2.07 bits per heavy atom. The van der Waals surface area contributed by atoms with Crippen LogP contribution in [0.25, 0.3) is 0 Å². The number of nitrogens with zero attached hydrogens (tertiary/aromatic N) is 1. The number of aliphatic hydroxyl groups excluding tert-OH is 2. The second-order valence-corrected chi connectivity index (χ2v) is 10.9. The van der Waals surface area contributed by atoms with Crippen molar-refractivity contribution in [1.82, 2.24) is 10.2 Å². The van der Waals surface area contributed by atoms with Crippen LogP contribution in [0.3, 0.4) is 0 Å². The van der Waals surface area contributed by atoms with E-state index in [9.17, 15) is 29.0 Å². The Kier molecular flexibility index (Phi) is 10.7. The summed E-state index contributed by atoms with van der Waals surface area (Å²) in [5, 5.41) is 23.5. The van der Waals surface area contributed by atoms with Crippen LogP contribution < -0.4 is 14.8 Å². The largest absolute Gasteiger partial charge is 0.493 e. The molecule has 2 aliphatic rings. The molecule has 4 unspecified atom stereocenters. The molecular weight excluding hydrogens is 650 g/mol. The Morgan fingerprint density at radius 1 is 1.29 bits per heavy atom. The number of nitrogens with one attached hydrogen (secondary N) is 1. The topological polar surface area (TPSA) is 135 Å². The van der Waals surface area contributed by atoms with Gasteiger partial charge >= 0.3 is 0 Å². The van der Waals surface area contributed by atoms with Gasteiger partial charge in [-0.05, 0) is 59.7 Å². The molecule has 12 heteroatoms. The fourth-order valence-electron chi connectivity index (χ4n) is 4.96. The van der Waals surface area contributed by atoms with Gasteiger partial charge in [0.2, 0.25) is 5.91 Å². The van der Waals surface area contributed by atoms with Crippen LogP contribution in [0.5, 0.6) is 11.5 Å². The van der Waals surface area contributed by atoms with Crippen LogP contribution in [0.2, 0.25) is 0 Å². The molecule has 4 rings (SSSR count). The Morgan fingerprint density at radius 3 is 2.73 bits per heavy atom. The molecule has 4 atom stereocenters. The molecule has 1 aliphatic heterocycles. The van der Waals surface area contributed by atoms with Gasteiger partial charge in [0.05, 0.1) is 23.3 Å². The maximum Gasteiger partial charge on any atom is 0.252 e. The molecule has 0 aromatic heterocycles. The average Bonchev–Trinajstić information content (AvgIpc) is 3.52. The van der Waals surface area contributed by atoms with Gasteiger partial charge in [-0.1, -0.05) is 18.2 Å². The van der Waals surface area contributed by atoms with Gasteiger partial charge in [-0.15, -0.1) is 0 Å². The van der Waals surface area contributed by atoms with Crippen molar-refractivity contribution >= 4 is 40.7 Å². The highest BCUT2D eigenvalue weighted by Crippen LogP contribution is 2.37. The van der Waals surface area contributed by atoms with E-state index >= 15 is 0 Å². The van der Waals surface area contributed by atoms with E-state index in [0.717, 1.165) is 0 Å². The number of benzene rings is 2. The number of aldehydes is 1. The highest BCUT2D eigenvalue weighted by molar-refractivity contribution is 14.1. The van der Waals surface area contributed by atoms with Crippen molar-refractivity contribution in [3.05, 3.63) is 68.6 Å². The predicted octanol–water partition coefficient (Wildman–Crippen LogP) is 2.37. The molecule has 0 bridgehead atoms. The molecule has 10 nitrogen and oxygen atoms in total. The summed E-state index contributed by atoms with van der Waals surface area (Å²) in [6, 6.07) is 8.12. The number of ether oxygens (including phenoxy) is 3. The number of rotatable bonds is 11. The third-order valence-corrected chi connectivity index (χ3v) is 7.84. The first-order valence-electron chi connectivity index (χ1n) is 13.2. The number of aliphatic hydroxyl groups is 2. The molecule has 0 radical (unpaired) electrons. The van der Waals surface area contributed by atoms with Gasteiger partial charge in [-0.25, -0.2) is 4.39 Å². The molecule has 0 saturated carbocycles. The smallest absolute Gasteiger partial charge is 0.252 e. The normalized spacial score (nSPS) is 22.0. The summed E-state index contributed by atoms with van der Waals surface area (Å²) in [5.41, 5.74) is 0.819. The van der Waals surface area contributed by atoms with Gasteiger partial charge in [0.15, 0.2) is 11.5 Å². The third-order valence-electron chi connectivity index (χ3n) is 7.04. The van der Waals surface area contributed by atoms with Crippen LogP contribution in [0, 0.1) is 9.39 Å². The first kappa shape index (κ1) is 30.9. The van der Waals surface area contributed by atoms with Crippen LogP contribution in [-0.2, 0) is 20.9 Å². The van der Waals surface area contributed by atoms with Crippen LogP contribution in [0.1, 0.15) is 35.2 Å². The monoisotopic (exact) mass is 682 g/mol. The van der Waals surface area contributed by atoms with Crippen molar-refractivity contribution in [2.75, 3.05) is 26.9 Å². The summed E-state index contributed by atoms with van der Waals surface area (Å²) < 4.78 is 32.6. The molecule has 2 aromatic carbocycles. The summed E-state index contributed by atoms with van der Waals surface area (Å²) in [5.74, 6) is -0.958. The lowest BCUT2D eigenvalue weighted by molar-refractivity contribution is -0.149. The quantitative estimate of drug-likeness (QED) is 0.243. The number of hydrogen-bond acceptors (Lipinski definition) is 8. The Labute approximate surface area is 250 Å². The van der Waals surface area contributed by atoms with E-state index in [4.69, 9.17) is 14.2 Å². The minimum absolute atomic E-state index is 0.00157. The molecule has 1 fully saturated rings. The summed E-state index contributed by atoms with van der Waals surface area (Å²) in [6.07, 6.45) is 0.0170. The number of hydrogen-bond donors (Lipinski definition) is 3. The van der Waals surface area contributed by atoms with E-state index in [1.54, 1.807) is 24.3 Å². The fraction of sp³-hybridized carbons (Fsp3) is 0.414. The van der Waals surface area contributed by atoms with E-state index < -0.39 is 42.0 Å². The lowest BCUT2D eigenvalue weighted by Gasteiger charge is -2.41. The lowest BCUT2D eigenvalue weighted by atomic mass is 9.87. The molecule has 3 N–H and O–H groups in total. The summed E-state index contributed by atoms with van der Waals surface area (Å²) in [6.45, 7) is -0.0329. The van der Waals surface area contributed by atoms with Crippen molar-refractivity contribution in [2.24, 2.45) is 0 Å². The second kappa shape index (κ2) is 14.2. The first-order valence-corrected chi connectivity index (χ1v) is 14.3. The molecule has 41 heavy (non-hydrogen) atoms. The minimum atomic E-state index is -1.34. The van der Waals surface area contributed by atoms with E-state index in [1.807, 2.05) is 22.6 Å². The highest BCUT2D eigenvalue weighted by Gasteiger charge is 2.43. The molecule has 2 aromatic rings. The molecule has 1 heterocycles. The van der Waals surface area contributed by atoms with Crippen molar-refractivity contribution in [1.29, 1.82) is 0 Å². The van der Waals surface area contributed by atoms with Crippen molar-refractivity contribution in [2.45, 2.75) is 50.2 Å². The van der Waals surface area contributed by atoms with Gasteiger partial charge in [0.1, 0.15) is 30.4 Å². The zero-order valence-electron chi connectivity index (χ0n) is 22.4. The fourth-order valence-corrected chi connectivity index (χ4v) is 5.72. The van der Waals surface area contributed by atoms with Crippen LogP contribution in [-0.4, -0.2) is 84.4 Å². The van der Waals surface area contributed by atoms with Crippen LogP contribution >= 0.6 is 22.6 Å². The van der Waals surface area contributed by atoms with Crippen molar-refractivity contribution in [3.63, 3.8) is 0 Å². The number of carbonyl (C=O) groups excluding carboxylic acids is 3. The average molecular weight is 682 g/mol. The van der Waals surface area contributed by atoms with Gasteiger partial charge < -0.3 is 34.6 Å². The van der Waals surface area contributed by atoms with Gasteiger partial charge in [-0.3, -0.25) is 14.4 Å².